The van der Waals surface area contributed by atoms with Crippen molar-refractivity contribution in [3.8, 4) is 11.1 Å². The number of hydrogen-bond donors (Lipinski definition) is 1. The molecule has 4 aromatic rings. The number of anilines is 4. The van der Waals surface area contributed by atoms with Gasteiger partial charge in [0.2, 0.25) is 5.91 Å². The van der Waals surface area contributed by atoms with Crippen LogP contribution in [0.2, 0.25) is 0 Å². The predicted molar refractivity (Wildman–Crippen MR) is 154 cm³/mol. The van der Waals surface area contributed by atoms with Gasteiger partial charge in [0.25, 0.3) is 6.43 Å². The molecule has 1 fully saturated rings. The highest BCUT2D eigenvalue weighted by molar-refractivity contribution is 6.03. The highest BCUT2D eigenvalue weighted by Gasteiger charge is 2.28. The topological polar surface area (TPSA) is 61.4 Å². The highest BCUT2D eigenvalue weighted by Crippen LogP contribution is 2.41. The summed E-state index contributed by atoms with van der Waals surface area (Å²) in [4.78, 5) is 25.2. The SMILES string of the molecule is CCCN(CC)c1cc(Nc2c(C)c(N3CCCC3=O)nc3cc(F)cc(F)c23)c(-c2ccc(C(F)F)c(F)c2)cn1. The van der Waals surface area contributed by atoms with Gasteiger partial charge in [0.15, 0.2) is 0 Å². The van der Waals surface area contributed by atoms with Crippen molar-refractivity contribution in [2.24, 2.45) is 0 Å². The second-order valence-corrected chi connectivity index (χ2v) is 10.2. The molecule has 3 heterocycles. The maximum atomic E-state index is 15.4. The lowest BCUT2D eigenvalue weighted by Crippen LogP contribution is -2.26. The lowest BCUT2D eigenvalue weighted by molar-refractivity contribution is -0.117. The Bertz CT molecular complexity index is 1660. The lowest BCUT2D eigenvalue weighted by Gasteiger charge is -2.25. The van der Waals surface area contributed by atoms with Crippen molar-refractivity contribution >= 4 is 39.8 Å². The molecule has 0 atom stereocenters. The van der Waals surface area contributed by atoms with Crippen molar-refractivity contribution in [3.63, 3.8) is 0 Å². The number of pyridine rings is 2. The van der Waals surface area contributed by atoms with Crippen LogP contribution in [-0.2, 0) is 4.79 Å². The molecule has 220 valence electrons. The minimum Gasteiger partial charge on any atom is -0.357 e. The van der Waals surface area contributed by atoms with E-state index < -0.39 is 29.4 Å². The van der Waals surface area contributed by atoms with Crippen molar-refractivity contribution in [2.75, 3.05) is 34.8 Å². The molecular weight excluding hydrogens is 553 g/mol. The number of rotatable bonds is 9. The summed E-state index contributed by atoms with van der Waals surface area (Å²) in [6.07, 6.45) is 0.331. The van der Waals surface area contributed by atoms with E-state index >= 15 is 4.39 Å². The molecule has 2 aromatic carbocycles. The number of alkyl halides is 2. The van der Waals surface area contributed by atoms with Crippen molar-refractivity contribution in [1.29, 1.82) is 0 Å². The maximum absolute atomic E-state index is 15.4. The van der Waals surface area contributed by atoms with E-state index in [0.29, 0.717) is 55.1 Å². The van der Waals surface area contributed by atoms with Crippen LogP contribution in [0.5, 0.6) is 0 Å². The number of aromatic nitrogens is 2. The Balaban J connectivity index is 1.74. The number of nitrogens with zero attached hydrogens (tertiary/aromatic N) is 4. The fourth-order valence-corrected chi connectivity index (χ4v) is 5.35. The van der Waals surface area contributed by atoms with Gasteiger partial charge < -0.3 is 10.2 Å². The van der Waals surface area contributed by atoms with E-state index in [4.69, 9.17) is 0 Å². The van der Waals surface area contributed by atoms with Crippen molar-refractivity contribution in [2.45, 2.75) is 46.5 Å². The number of carbonyl (C=O) groups excluding carboxylic acids is 1. The van der Waals surface area contributed by atoms with E-state index in [2.05, 4.69) is 15.3 Å². The maximum Gasteiger partial charge on any atom is 0.266 e. The van der Waals surface area contributed by atoms with Crippen LogP contribution in [0, 0.1) is 24.4 Å². The summed E-state index contributed by atoms with van der Waals surface area (Å²) in [6, 6.07) is 6.99. The van der Waals surface area contributed by atoms with Gasteiger partial charge in [-0.1, -0.05) is 13.0 Å². The normalized spacial score (nSPS) is 13.5. The molecule has 0 unspecified atom stereocenters. The van der Waals surface area contributed by atoms with Crippen LogP contribution in [0.1, 0.15) is 50.7 Å². The van der Waals surface area contributed by atoms with E-state index in [1.165, 1.54) is 17.2 Å². The van der Waals surface area contributed by atoms with Crippen molar-refractivity contribution in [3.05, 3.63) is 71.2 Å². The Labute approximate surface area is 240 Å². The van der Waals surface area contributed by atoms with Crippen LogP contribution in [0.3, 0.4) is 0 Å². The molecule has 42 heavy (non-hydrogen) atoms. The van der Waals surface area contributed by atoms with E-state index in [-0.39, 0.29) is 33.9 Å². The molecule has 2 aromatic heterocycles. The molecule has 0 saturated carbocycles. The molecule has 5 rings (SSSR count). The van der Waals surface area contributed by atoms with Gasteiger partial charge in [-0.15, -0.1) is 0 Å². The van der Waals surface area contributed by atoms with Gasteiger partial charge in [-0.25, -0.2) is 31.9 Å². The third kappa shape index (κ3) is 5.47. The fraction of sp³-hybridized carbons (Fsp3) is 0.323. The van der Waals surface area contributed by atoms with Gasteiger partial charge in [0.1, 0.15) is 29.1 Å². The van der Waals surface area contributed by atoms with Crippen molar-refractivity contribution < 1.29 is 26.7 Å². The Kier molecular flexibility index (Phi) is 8.29. The molecule has 0 bridgehead atoms. The Hall–Kier alpha value is -4.28. The van der Waals surface area contributed by atoms with Gasteiger partial charge in [0.05, 0.1) is 27.8 Å². The quantitative estimate of drug-likeness (QED) is 0.202. The number of hydrogen-bond acceptors (Lipinski definition) is 5. The zero-order valence-electron chi connectivity index (χ0n) is 23.4. The number of benzene rings is 2. The molecule has 1 aliphatic rings. The standard InChI is InChI=1S/C31H30F5N5O/c1-4-10-40(5-2)26-15-24(21(16-37-26)18-8-9-20(30(35)36)22(33)12-18)38-29-17(3)31(41-11-6-7-27(41)42)39-25-14-19(32)13-23(34)28(25)29/h8-9,12-16,30H,4-7,10-11H2,1-3H3,(H,37,38,39). The molecule has 11 heteroatoms. The van der Waals surface area contributed by atoms with E-state index in [9.17, 15) is 22.4 Å². The van der Waals surface area contributed by atoms with Crippen LogP contribution >= 0.6 is 0 Å². The van der Waals surface area contributed by atoms with Crippen LogP contribution in [0.25, 0.3) is 22.0 Å². The van der Waals surface area contributed by atoms with Crippen LogP contribution in [-0.4, -0.2) is 35.5 Å². The molecular formula is C31H30F5N5O. The molecule has 1 N–H and O–H groups in total. The zero-order valence-corrected chi connectivity index (χ0v) is 23.4. The van der Waals surface area contributed by atoms with Gasteiger partial charge in [-0.3, -0.25) is 9.69 Å². The van der Waals surface area contributed by atoms with Gasteiger partial charge in [0, 0.05) is 61.6 Å². The van der Waals surface area contributed by atoms with E-state index in [1.54, 1.807) is 13.0 Å². The predicted octanol–water partition coefficient (Wildman–Crippen LogP) is 8.07. The average molecular weight is 584 g/mol. The smallest absolute Gasteiger partial charge is 0.266 e. The second kappa shape index (κ2) is 11.9. The summed E-state index contributed by atoms with van der Waals surface area (Å²) < 4.78 is 70.9. The van der Waals surface area contributed by atoms with Crippen LogP contribution in [0.15, 0.2) is 42.6 Å². The fourth-order valence-electron chi connectivity index (χ4n) is 5.35. The summed E-state index contributed by atoms with van der Waals surface area (Å²) in [5.41, 5.74) is 1.02. The Morgan fingerprint density at radius 1 is 1.07 bits per heavy atom. The first kappa shape index (κ1) is 29.2. The third-order valence-corrected chi connectivity index (χ3v) is 7.45. The first-order valence-electron chi connectivity index (χ1n) is 13.8. The van der Waals surface area contributed by atoms with E-state index in [1.807, 2.05) is 18.7 Å². The number of fused-ring (bicyclic) bond motifs is 1. The summed E-state index contributed by atoms with van der Waals surface area (Å²) in [6.45, 7) is 7.45. The summed E-state index contributed by atoms with van der Waals surface area (Å²) in [5.74, 6) is -2.02. The molecule has 1 aliphatic heterocycles. The summed E-state index contributed by atoms with van der Waals surface area (Å²) >= 11 is 0. The van der Waals surface area contributed by atoms with Gasteiger partial charge in [-0.2, -0.15) is 0 Å². The van der Waals surface area contributed by atoms with Crippen molar-refractivity contribution in [1.82, 2.24) is 9.97 Å². The van der Waals surface area contributed by atoms with Crippen LogP contribution < -0.4 is 15.1 Å². The van der Waals surface area contributed by atoms with Gasteiger partial charge in [-0.05, 0) is 44.4 Å². The molecule has 1 saturated heterocycles. The second-order valence-electron chi connectivity index (χ2n) is 10.2. The number of halogens is 5. The Morgan fingerprint density at radius 3 is 2.50 bits per heavy atom. The highest BCUT2D eigenvalue weighted by atomic mass is 19.3. The average Bonchev–Trinajstić information content (AvgIpc) is 3.38. The first-order chi connectivity index (χ1) is 20.1. The molecule has 0 spiro atoms. The summed E-state index contributed by atoms with van der Waals surface area (Å²) in [5, 5.41) is 3.27. The van der Waals surface area contributed by atoms with E-state index in [0.717, 1.165) is 30.7 Å². The summed E-state index contributed by atoms with van der Waals surface area (Å²) in [7, 11) is 0. The van der Waals surface area contributed by atoms with Crippen LogP contribution in [0.4, 0.5) is 45.0 Å². The monoisotopic (exact) mass is 583 g/mol. The van der Waals surface area contributed by atoms with Gasteiger partial charge >= 0.3 is 0 Å². The number of carbonyl (C=O) groups is 1. The third-order valence-electron chi connectivity index (χ3n) is 7.45. The Morgan fingerprint density at radius 2 is 1.86 bits per heavy atom. The molecule has 6 nitrogen and oxygen atoms in total. The molecule has 0 radical (unpaired) electrons. The first-order valence-corrected chi connectivity index (χ1v) is 13.8. The minimum absolute atomic E-state index is 0.00810. The molecule has 0 aliphatic carbocycles. The molecule has 1 amide bonds. The number of nitrogens with one attached hydrogen (secondary N) is 1. The largest absolute Gasteiger partial charge is 0.357 e. The zero-order chi connectivity index (χ0) is 30.1. The number of amides is 1. The lowest BCUT2D eigenvalue weighted by atomic mass is 10.0. The minimum atomic E-state index is -2.98.